The third-order valence-corrected chi connectivity index (χ3v) is 2.95. The molecule has 1 heterocycles. The molecule has 2 rings (SSSR count). The fourth-order valence-electron chi connectivity index (χ4n) is 1.39. The fourth-order valence-corrected chi connectivity index (χ4v) is 2.26. The molecule has 0 unspecified atom stereocenters. The Kier molecular flexibility index (Phi) is 3.02. The summed E-state index contributed by atoms with van der Waals surface area (Å²) >= 11 is 1.47. The molecule has 0 fully saturated rings. The quantitative estimate of drug-likeness (QED) is 0.815. The van der Waals surface area contributed by atoms with Crippen LogP contribution < -0.4 is 10.6 Å². The van der Waals surface area contributed by atoms with Crippen molar-refractivity contribution in [3.63, 3.8) is 0 Å². The molecule has 2 N–H and O–H groups in total. The molecule has 90 valence electrons. The topological polar surface area (TPSA) is 54.0 Å². The van der Waals surface area contributed by atoms with E-state index in [9.17, 15) is 4.79 Å². The Morgan fingerprint density at radius 2 is 2.00 bits per heavy atom. The molecule has 0 saturated heterocycles. The molecule has 0 radical (unpaired) electrons. The third kappa shape index (κ3) is 3.17. The second-order valence-corrected chi connectivity index (χ2v) is 5.85. The van der Waals surface area contributed by atoms with Gasteiger partial charge in [0.1, 0.15) is 0 Å². The number of thiazole rings is 1. The summed E-state index contributed by atoms with van der Waals surface area (Å²) in [6.45, 7) is 5.81. The molecule has 2 aromatic rings. The first-order valence-corrected chi connectivity index (χ1v) is 6.20. The van der Waals surface area contributed by atoms with Gasteiger partial charge in [-0.05, 0) is 32.9 Å². The van der Waals surface area contributed by atoms with Gasteiger partial charge in [0, 0.05) is 5.54 Å². The standard InChI is InChI=1S/C12H15N3OS/c1-12(2,3)15-10(16)14-11-13-8-6-4-5-7-9(8)17-11/h4-7H,1-3H3,(H2,13,14,15,16). The van der Waals surface area contributed by atoms with Crippen molar-refractivity contribution in [3.05, 3.63) is 24.3 Å². The number of hydrogen-bond acceptors (Lipinski definition) is 3. The number of para-hydroxylation sites is 1. The van der Waals surface area contributed by atoms with Gasteiger partial charge >= 0.3 is 6.03 Å². The smallest absolute Gasteiger partial charge is 0.321 e. The monoisotopic (exact) mass is 249 g/mol. The van der Waals surface area contributed by atoms with Crippen LogP contribution in [-0.2, 0) is 0 Å². The molecule has 1 aromatic carbocycles. The Morgan fingerprint density at radius 3 is 2.65 bits per heavy atom. The van der Waals surface area contributed by atoms with Gasteiger partial charge in [0.2, 0.25) is 0 Å². The number of carbonyl (C=O) groups excluding carboxylic acids is 1. The fraction of sp³-hybridized carbons (Fsp3) is 0.333. The number of urea groups is 1. The van der Waals surface area contributed by atoms with Gasteiger partial charge in [-0.1, -0.05) is 23.5 Å². The van der Waals surface area contributed by atoms with Crippen LogP contribution in [0.2, 0.25) is 0 Å². The van der Waals surface area contributed by atoms with Gasteiger partial charge in [-0.3, -0.25) is 5.32 Å². The minimum Gasteiger partial charge on any atom is -0.333 e. The Labute approximate surface area is 104 Å². The average Bonchev–Trinajstić information content (AvgIpc) is 2.55. The van der Waals surface area contributed by atoms with Crippen LogP contribution in [0.1, 0.15) is 20.8 Å². The molecule has 0 aliphatic carbocycles. The van der Waals surface area contributed by atoms with Crippen LogP contribution in [0.5, 0.6) is 0 Å². The zero-order valence-corrected chi connectivity index (χ0v) is 10.9. The summed E-state index contributed by atoms with van der Waals surface area (Å²) < 4.78 is 1.07. The van der Waals surface area contributed by atoms with E-state index in [1.165, 1.54) is 11.3 Å². The largest absolute Gasteiger partial charge is 0.333 e. The van der Waals surface area contributed by atoms with Crippen molar-refractivity contribution in [2.75, 3.05) is 5.32 Å². The molecule has 5 heteroatoms. The van der Waals surface area contributed by atoms with Crippen molar-refractivity contribution in [2.45, 2.75) is 26.3 Å². The van der Waals surface area contributed by atoms with Crippen molar-refractivity contribution in [1.82, 2.24) is 10.3 Å². The molecule has 17 heavy (non-hydrogen) atoms. The second-order valence-electron chi connectivity index (χ2n) is 4.82. The van der Waals surface area contributed by atoms with Crippen LogP contribution in [-0.4, -0.2) is 16.6 Å². The lowest BCUT2D eigenvalue weighted by atomic mass is 10.1. The Balaban J connectivity index is 2.11. The number of rotatable bonds is 1. The molecule has 4 nitrogen and oxygen atoms in total. The van der Waals surface area contributed by atoms with Crippen molar-refractivity contribution in [1.29, 1.82) is 0 Å². The van der Waals surface area contributed by atoms with Gasteiger partial charge in [-0.15, -0.1) is 0 Å². The molecule has 0 spiro atoms. The molecule has 0 bridgehead atoms. The third-order valence-electron chi connectivity index (χ3n) is 2.00. The van der Waals surface area contributed by atoms with Gasteiger partial charge in [0.05, 0.1) is 10.2 Å². The van der Waals surface area contributed by atoms with E-state index in [2.05, 4.69) is 15.6 Å². The molecule has 0 saturated carbocycles. The first kappa shape index (κ1) is 11.9. The molecular weight excluding hydrogens is 234 g/mol. The summed E-state index contributed by atoms with van der Waals surface area (Å²) in [5.41, 5.74) is 0.657. The molecule has 1 aromatic heterocycles. The maximum atomic E-state index is 11.6. The Bertz CT molecular complexity index is 509. The van der Waals surface area contributed by atoms with Crippen LogP contribution in [0.25, 0.3) is 10.2 Å². The van der Waals surface area contributed by atoms with Crippen molar-refractivity contribution >= 4 is 32.7 Å². The number of hydrogen-bond donors (Lipinski definition) is 2. The van der Waals surface area contributed by atoms with Crippen LogP contribution in [0.4, 0.5) is 9.93 Å². The summed E-state index contributed by atoms with van der Waals surface area (Å²) in [6.07, 6.45) is 0. The maximum absolute atomic E-state index is 11.6. The highest BCUT2D eigenvalue weighted by atomic mass is 32.1. The number of aromatic nitrogens is 1. The lowest BCUT2D eigenvalue weighted by molar-refractivity contribution is 0.244. The number of nitrogens with one attached hydrogen (secondary N) is 2. The SMILES string of the molecule is CC(C)(C)NC(=O)Nc1nc2ccccc2s1. The predicted molar refractivity (Wildman–Crippen MR) is 71.5 cm³/mol. The lowest BCUT2D eigenvalue weighted by Crippen LogP contribution is -2.43. The molecular formula is C12H15N3OS. The number of benzene rings is 1. The van der Waals surface area contributed by atoms with E-state index < -0.39 is 0 Å². The van der Waals surface area contributed by atoms with E-state index in [4.69, 9.17) is 0 Å². The van der Waals surface area contributed by atoms with Gasteiger partial charge in [-0.25, -0.2) is 9.78 Å². The molecule has 0 aliphatic rings. The highest BCUT2D eigenvalue weighted by Crippen LogP contribution is 2.25. The molecule has 0 atom stereocenters. The van der Waals surface area contributed by atoms with E-state index in [0.717, 1.165) is 10.2 Å². The van der Waals surface area contributed by atoms with Gasteiger partial charge in [0.25, 0.3) is 0 Å². The van der Waals surface area contributed by atoms with E-state index >= 15 is 0 Å². The zero-order chi connectivity index (χ0) is 12.5. The summed E-state index contributed by atoms with van der Waals surface area (Å²) in [4.78, 5) is 16.0. The lowest BCUT2D eigenvalue weighted by Gasteiger charge is -2.19. The van der Waals surface area contributed by atoms with Crippen LogP contribution in [0.15, 0.2) is 24.3 Å². The van der Waals surface area contributed by atoms with Crippen LogP contribution in [0.3, 0.4) is 0 Å². The number of fused-ring (bicyclic) bond motifs is 1. The maximum Gasteiger partial charge on any atom is 0.321 e. The van der Waals surface area contributed by atoms with E-state index in [-0.39, 0.29) is 11.6 Å². The minimum absolute atomic E-state index is 0.225. The molecule has 2 amide bonds. The summed E-state index contributed by atoms with van der Waals surface area (Å²) in [7, 11) is 0. The zero-order valence-electron chi connectivity index (χ0n) is 10.1. The second kappa shape index (κ2) is 4.33. The van der Waals surface area contributed by atoms with Crippen molar-refractivity contribution in [2.24, 2.45) is 0 Å². The van der Waals surface area contributed by atoms with E-state index in [0.29, 0.717) is 5.13 Å². The summed E-state index contributed by atoms with van der Waals surface area (Å²) in [5.74, 6) is 0. The van der Waals surface area contributed by atoms with Gasteiger partial charge in [0.15, 0.2) is 5.13 Å². The van der Waals surface area contributed by atoms with E-state index in [1.807, 2.05) is 45.0 Å². The number of anilines is 1. The van der Waals surface area contributed by atoms with E-state index in [1.54, 1.807) is 0 Å². The minimum atomic E-state index is -0.249. The first-order chi connectivity index (χ1) is 7.94. The van der Waals surface area contributed by atoms with Gasteiger partial charge in [-0.2, -0.15) is 0 Å². The van der Waals surface area contributed by atoms with Crippen LogP contribution >= 0.6 is 11.3 Å². The normalized spacial score (nSPS) is 11.5. The van der Waals surface area contributed by atoms with Crippen molar-refractivity contribution in [3.8, 4) is 0 Å². The summed E-state index contributed by atoms with van der Waals surface area (Å²) in [6, 6.07) is 7.58. The Hall–Kier alpha value is -1.62. The van der Waals surface area contributed by atoms with Crippen LogP contribution in [0, 0.1) is 0 Å². The van der Waals surface area contributed by atoms with Gasteiger partial charge < -0.3 is 5.32 Å². The first-order valence-electron chi connectivity index (χ1n) is 5.39. The molecule has 0 aliphatic heterocycles. The predicted octanol–water partition coefficient (Wildman–Crippen LogP) is 3.22. The van der Waals surface area contributed by atoms with Crippen molar-refractivity contribution < 1.29 is 4.79 Å². The summed E-state index contributed by atoms with van der Waals surface area (Å²) in [5, 5.41) is 6.19. The Morgan fingerprint density at radius 1 is 1.29 bits per heavy atom. The highest BCUT2D eigenvalue weighted by molar-refractivity contribution is 7.22. The number of nitrogens with zero attached hydrogens (tertiary/aromatic N) is 1. The highest BCUT2D eigenvalue weighted by Gasteiger charge is 2.14. The number of carbonyl (C=O) groups is 1. The number of amides is 2. The average molecular weight is 249 g/mol.